The summed E-state index contributed by atoms with van der Waals surface area (Å²) in [4.78, 5) is 25.3. The van der Waals surface area contributed by atoms with Gasteiger partial charge in [0.2, 0.25) is 0 Å². The smallest absolute Gasteiger partial charge is 0.321 e. The number of nitrogens with zero attached hydrogens (tertiary/aromatic N) is 1. The minimum absolute atomic E-state index is 0.0884. The van der Waals surface area contributed by atoms with Gasteiger partial charge in [0.15, 0.2) is 0 Å². The lowest BCUT2D eigenvalue weighted by molar-refractivity contribution is 0.0923. The molecular formula is C15H19FN4O3. The number of benzene rings is 1. The molecule has 23 heavy (non-hydrogen) atoms. The number of halogens is 1. The van der Waals surface area contributed by atoms with Crippen molar-refractivity contribution in [3.63, 3.8) is 0 Å². The maximum absolute atomic E-state index is 13.9. The lowest BCUT2D eigenvalue weighted by atomic mass is 10.1. The predicted octanol–water partition coefficient (Wildman–Crippen LogP) is -0.335. The molecule has 3 amide bonds. The number of amides is 3. The summed E-state index contributed by atoms with van der Waals surface area (Å²) in [7, 11) is 0. The van der Waals surface area contributed by atoms with Gasteiger partial charge in [-0.2, -0.15) is 0 Å². The standard InChI is InChI=1S/C15H19FN4O3/c16-12-2-1-10(20-4-3-18-15(20)23)5-11(12)14(22)19-7-9-6-17-8-13(9)21/h1-2,5,9,13,17,21H,3-4,6-8H2,(H,18,23)(H,19,22). The number of hydrogen-bond acceptors (Lipinski definition) is 4. The number of β-amino-alcohol motifs (C(OH)–C–C–N with tert-alkyl or cyclic N) is 1. The Morgan fingerprint density at radius 2 is 2.26 bits per heavy atom. The van der Waals surface area contributed by atoms with Gasteiger partial charge in [-0.1, -0.05) is 0 Å². The van der Waals surface area contributed by atoms with Gasteiger partial charge in [-0.05, 0) is 18.2 Å². The number of aliphatic hydroxyl groups is 1. The fraction of sp³-hybridized carbons (Fsp3) is 0.467. The molecule has 2 aliphatic rings. The zero-order valence-electron chi connectivity index (χ0n) is 12.5. The minimum atomic E-state index is -0.643. The largest absolute Gasteiger partial charge is 0.391 e. The van der Waals surface area contributed by atoms with E-state index in [1.165, 1.54) is 23.1 Å². The summed E-state index contributed by atoms with van der Waals surface area (Å²) in [5, 5.41) is 18.0. The number of carbonyl (C=O) groups is 2. The molecule has 2 atom stereocenters. The second-order valence-corrected chi connectivity index (χ2v) is 5.74. The first-order valence-electron chi connectivity index (χ1n) is 7.58. The van der Waals surface area contributed by atoms with Crippen LogP contribution in [0.25, 0.3) is 0 Å². The summed E-state index contributed by atoms with van der Waals surface area (Å²) in [6, 6.07) is 3.77. The summed E-state index contributed by atoms with van der Waals surface area (Å²) < 4.78 is 13.9. The van der Waals surface area contributed by atoms with E-state index in [9.17, 15) is 19.1 Å². The topological polar surface area (TPSA) is 93.7 Å². The first kappa shape index (κ1) is 15.7. The molecular weight excluding hydrogens is 303 g/mol. The highest BCUT2D eigenvalue weighted by Crippen LogP contribution is 2.20. The van der Waals surface area contributed by atoms with Crippen LogP contribution in [0.5, 0.6) is 0 Å². The highest BCUT2D eigenvalue weighted by Gasteiger charge is 2.26. The third-order valence-corrected chi connectivity index (χ3v) is 4.19. The van der Waals surface area contributed by atoms with Crippen molar-refractivity contribution >= 4 is 17.6 Å². The minimum Gasteiger partial charge on any atom is -0.391 e. The van der Waals surface area contributed by atoms with Crippen LogP contribution in [-0.4, -0.2) is 55.9 Å². The van der Waals surface area contributed by atoms with E-state index in [0.717, 1.165) is 0 Å². The predicted molar refractivity (Wildman–Crippen MR) is 81.8 cm³/mol. The van der Waals surface area contributed by atoms with E-state index in [4.69, 9.17) is 0 Å². The van der Waals surface area contributed by atoms with Gasteiger partial charge in [0.25, 0.3) is 5.91 Å². The molecule has 0 aromatic heterocycles. The summed E-state index contributed by atoms with van der Waals surface area (Å²) in [5.74, 6) is -1.28. The molecule has 2 heterocycles. The number of carbonyl (C=O) groups excluding carboxylic acids is 2. The van der Waals surface area contributed by atoms with Crippen molar-refractivity contribution in [2.24, 2.45) is 5.92 Å². The van der Waals surface area contributed by atoms with Gasteiger partial charge in [0, 0.05) is 44.3 Å². The molecule has 0 radical (unpaired) electrons. The Morgan fingerprint density at radius 3 is 2.91 bits per heavy atom. The molecule has 8 heteroatoms. The van der Waals surface area contributed by atoms with Crippen molar-refractivity contribution in [3.8, 4) is 0 Å². The van der Waals surface area contributed by atoms with Gasteiger partial charge in [0.05, 0.1) is 11.7 Å². The number of aliphatic hydroxyl groups excluding tert-OH is 1. The maximum Gasteiger partial charge on any atom is 0.321 e. The maximum atomic E-state index is 13.9. The Bertz CT molecular complexity index is 625. The van der Waals surface area contributed by atoms with Crippen molar-refractivity contribution < 1.29 is 19.1 Å². The Kier molecular flexibility index (Phi) is 4.44. The van der Waals surface area contributed by atoms with Crippen LogP contribution in [0.3, 0.4) is 0 Å². The van der Waals surface area contributed by atoms with E-state index in [-0.39, 0.29) is 24.1 Å². The van der Waals surface area contributed by atoms with E-state index >= 15 is 0 Å². The van der Waals surface area contributed by atoms with Crippen LogP contribution >= 0.6 is 0 Å². The van der Waals surface area contributed by atoms with E-state index in [2.05, 4.69) is 16.0 Å². The van der Waals surface area contributed by atoms with Crippen molar-refractivity contribution in [2.75, 3.05) is 37.6 Å². The molecule has 1 aromatic carbocycles. The molecule has 0 aliphatic carbocycles. The van der Waals surface area contributed by atoms with Crippen LogP contribution in [0.2, 0.25) is 0 Å². The molecule has 4 N–H and O–H groups in total. The first-order valence-corrected chi connectivity index (χ1v) is 7.58. The third-order valence-electron chi connectivity index (χ3n) is 4.19. The number of anilines is 1. The second-order valence-electron chi connectivity index (χ2n) is 5.74. The van der Waals surface area contributed by atoms with Crippen LogP contribution in [0.15, 0.2) is 18.2 Å². The lowest BCUT2D eigenvalue weighted by Crippen LogP contribution is -2.35. The Labute approximate surface area is 132 Å². The molecule has 3 rings (SSSR count). The molecule has 2 saturated heterocycles. The summed E-state index contributed by atoms with van der Waals surface area (Å²) in [5.41, 5.74) is 0.372. The molecule has 2 unspecified atom stereocenters. The summed E-state index contributed by atoms with van der Waals surface area (Å²) in [6.07, 6.45) is -0.514. The van der Waals surface area contributed by atoms with Crippen molar-refractivity contribution in [1.82, 2.24) is 16.0 Å². The molecule has 124 valence electrons. The van der Waals surface area contributed by atoms with Crippen molar-refractivity contribution in [1.29, 1.82) is 0 Å². The van der Waals surface area contributed by atoms with Crippen LogP contribution in [0, 0.1) is 11.7 Å². The molecule has 7 nitrogen and oxygen atoms in total. The van der Waals surface area contributed by atoms with Gasteiger partial charge in [0.1, 0.15) is 5.82 Å². The highest BCUT2D eigenvalue weighted by molar-refractivity contribution is 5.98. The molecule has 2 fully saturated rings. The van der Waals surface area contributed by atoms with Crippen LogP contribution < -0.4 is 20.9 Å². The molecule has 2 aliphatic heterocycles. The number of nitrogens with one attached hydrogen (secondary N) is 3. The van der Waals surface area contributed by atoms with Crippen molar-refractivity contribution in [3.05, 3.63) is 29.6 Å². The van der Waals surface area contributed by atoms with E-state index in [1.807, 2.05) is 0 Å². The third kappa shape index (κ3) is 3.27. The fourth-order valence-corrected chi connectivity index (χ4v) is 2.82. The quantitative estimate of drug-likeness (QED) is 0.610. The highest BCUT2D eigenvalue weighted by atomic mass is 19.1. The summed E-state index contributed by atoms with van der Waals surface area (Å²) in [6.45, 7) is 2.36. The van der Waals surface area contributed by atoms with E-state index in [0.29, 0.717) is 31.9 Å². The number of hydrogen-bond donors (Lipinski definition) is 4. The van der Waals surface area contributed by atoms with Crippen molar-refractivity contribution in [2.45, 2.75) is 6.10 Å². The monoisotopic (exact) mass is 322 g/mol. The van der Waals surface area contributed by atoms with E-state index in [1.54, 1.807) is 0 Å². The zero-order chi connectivity index (χ0) is 16.4. The van der Waals surface area contributed by atoms with Crippen LogP contribution in [-0.2, 0) is 0 Å². The van der Waals surface area contributed by atoms with E-state index < -0.39 is 17.8 Å². The average Bonchev–Trinajstić information content (AvgIpc) is 3.14. The first-order chi connectivity index (χ1) is 11.1. The van der Waals surface area contributed by atoms with Gasteiger partial charge < -0.3 is 21.1 Å². The fourth-order valence-electron chi connectivity index (χ4n) is 2.82. The number of rotatable bonds is 4. The van der Waals surface area contributed by atoms with Gasteiger partial charge in [-0.25, -0.2) is 9.18 Å². The normalized spacial score (nSPS) is 23.9. The average molecular weight is 322 g/mol. The Balaban J connectivity index is 1.70. The summed E-state index contributed by atoms with van der Waals surface area (Å²) >= 11 is 0. The van der Waals surface area contributed by atoms with Gasteiger partial charge in [-0.15, -0.1) is 0 Å². The SMILES string of the molecule is O=C(NCC1CNCC1O)c1cc(N2CCNC2=O)ccc1F. The van der Waals surface area contributed by atoms with Gasteiger partial charge >= 0.3 is 6.03 Å². The second kappa shape index (κ2) is 6.51. The van der Waals surface area contributed by atoms with Crippen LogP contribution in [0.1, 0.15) is 10.4 Å². The van der Waals surface area contributed by atoms with Gasteiger partial charge in [-0.3, -0.25) is 9.69 Å². The molecule has 0 spiro atoms. The molecule has 1 aromatic rings. The molecule has 0 bridgehead atoms. The zero-order valence-corrected chi connectivity index (χ0v) is 12.5. The lowest BCUT2D eigenvalue weighted by Gasteiger charge is -2.17. The molecule has 0 saturated carbocycles. The Morgan fingerprint density at radius 1 is 1.43 bits per heavy atom. The number of urea groups is 1. The van der Waals surface area contributed by atoms with Crippen LogP contribution in [0.4, 0.5) is 14.9 Å². The Hall–Kier alpha value is -2.19.